The van der Waals surface area contributed by atoms with Crippen molar-refractivity contribution in [1.82, 2.24) is 9.78 Å². The molecule has 6 heteroatoms. The molecule has 1 aromatic carbocycles. The molecule has 0 bridgehead atoms. The number of hydrogen-bond acceptors (Lipinski definition) is 5. The van der Waals surface area contributed by atoms with E-state index in [1.165, 1.54) is 7.11 Å². The number of carbonyl (C=O) groups is 1. The molecule has 0 spiro atoms. The minimum Gasteiger partial charge on any atom is -0.465 e. The van der Waals surface area contributed by atoms with Gasteiger partial charge in [-0.05, 0) is 32.0 Å². The highest BCUT2D eigenvalue weighted by Gasteiger charge is 2.15. The summed E-state index contributed by atoms with van der Waals surface area (Å²) in [5.41, 5.74) is 8.06. The van der Waals surface area contributed by atoms with Crippen LogP contribution in [0.2, 0.25) is 0 Å². The molecule has 0 saturated heterocycles. The zero-order chi connectivity index (χ0) is 14.9. The Balaban J connectivity index is 2.37. The van der Waals surface area contributed by atoms with Crippen LogP contribution in [0.3, 0.4) is 0 Å². The predicted octanol–water partition coefficient (Wildman–Crippen LogP) is 2.20. The molecule has 1 aromatic heterocycles. The molecule has 0 aliphatic rings. The number of hydrogen-bond donors (Lipinski definition) is 1. The third kappa shape index (κ3) is 2.45. The summed E-state index contributed by atoms with van der Waals surface area (Å²) >= 11 is 0. The number of nitrogen functional groups attached to an aromatic ring is 1. The molecule has 2 rings (SSSR count). The largest absolute Gasteiger partial charge is 0.465 e. The predicted molar refractivity (Wildman–Crippen MR) is 74.9 cm³/mol. The van der Waals surface area contributed by atoms with Crippen LogP contribution >= 0.6 is 0 Å². The monoisotopic (exact) mass is 275 g/mol. The second-order valence-corrected chi connectivity index (χ2v) is 4.47. The summed E-state index contributed by atoms with van der Waals surface area (Å²) in [5, 5.41) is 4.27. The minimum atomic E-state index is -0.493. The molecule has 0 aliphatic heterocycles. The van der Waals surface area contributed by atoms with Crippen LogP contribution in [0.1, 0.15) is 21.7 Å². The molecule has 0 unspecified atom stereocenters. The third-order valence-corrected chi connectivity index (χ3v) is 3.09. The van der Waals surface area contributed by atoms with Gasteiger partial charge in [-0.1, -0.05) is 0 Å². The lowest BCUT2D eigenvalue weighted by Gasteiger charge is -2.09. The van der Waals surface area contributed by atoms with Crippen molar-refractivity contribution in [3.63, 3.8) is 0 Å². The van der Waals surface area contributed by atoms with E-state index < -0.39 is 5.97 Å². The Labute approximate surface area is 117 Å². The van der Waals surface area contributed by atoms with Gasteiger partial charge in [0.25, 0.3) is 0 Å². The molecule has 106 valence electrons. The Morgan fingerprint density at radius 1 is 1.35 bits per heavy atom. The van der Waals surface area contributed by atoms with E-state index in [0.29, 0.717) is 17.2 Å². The standard InChI is InChI=1S/C14H17N3O3/c1-8-13(9(2)17(3)16-8)20-10-5-6-12(15)11(7-10)14(18)19-4/h5-7H,15H2,1-4H3. The molecular formula is C14H17N3O3. The average Bonchev–Trinajstić information content (AvgIpc) is 2.66. The molecule has 0 aliphatic carbocycles. The lowest BCUT2D eigenvalue weighted by atomic mass is 10.1. The molecule has 0 saturated carbocycles. The smallest absolute Gasteiger partial charge is 0.340 e. The number of nitrogens with two attached hydrogens (primary N) is 1. The fourth-order valence-electron chi connectivity index (χ4n) is 1.91. The second-order valence-electron chi connectivity index (χ2n) is 4.47. The molecule has 0 amide bonds. The zero-order valence-electron chi connectivity index (χ0n) is 11.9. The number of aromatic nitrogens is 2. The van der Waals surface area contributed by atoms with Crippen LogP contribution in [0.15, 0.2) is 18.2 Å². The molecule has 2 N–H and O–H groups in total. The van der Waals surface area contributed by atoms with E-state index in [-0.39, 0.29) is 5.56 Å². The maximum Gasteiger partial charge on any atom is 0.340 e. The van der Waals surface area contributed by atoms with Crippen LogP contribution in [0.4, 0.5) is 5.69 Å². The Kier molecular flexibility index (Phi) is 3.65. The highest BCUT2D eigenvalue weighted by molar-refractivity contribution is 5.95. The lowest BCUT2D eigenvalue weighted by Crippen LogP contribution is -2.05. The van der Waals surface area contributed by atoms with Gasteiger partial charge in [0, 0.05) is 12.7 Å². The normalized spacial score (nSPS) is 10.4. The summed E-state index contributed by atoms with van der Waals surface area (Å²) in [6.07, 6.45) is 0. The van der Waals surface area contributed by atoms with Crippen LogP contribution in [0.25, 0.3) is 0 Å². The fourth-order valence-corrected chi connectivity index (χ4v) is 1.91. The number of methoxy groups -OCH3 is 1. The number of ether oxygens (including phenoxy) is 2. The summed E-state index contributed by atoms with van der Waals surface area (Å²) in [5.74, 6) is 0.694. The van der Waals surface area contributed by atoms with Crippen molar-refractivity contribution in [3.05, 3.63) is 35.2 Å². The van der Waals surface area contributed by atoms with Crippen LogP contribution in [-0.2, 0) is 11.8 Å². The van der Waals surface area contributed by atoms with Crippen molar-refractivity contribution in [2.24, 2.45) is 7.05 Å². The average molecular weight is 275 g/mol. The van der Waals surface area contributed by atoms with E-state index in [9.17, 15) is 4.79 Å². The first-order chi connectivity index (χ1) is 9.43. The molecule has 0 fully saturated rings. The quantitative estimate of drug-likeness (QED) is 0.686. The number of nitrogens with zero attached hydrogens (tertiary/aromatic N) is 2. The van der Waals surface area contributed by atoms with E-state index in [1.807, 2.05) is 20.9 Å². The summed E-state index contributed by atoms with van der Waals surface area (Å²) < 4.78 is 12.2. The maximum atomic E-state index is 11.6. The van der Waals surface area contributed by atoms with Gasteiger partial charge in [0.05, 0.1) is 18.4 Å². The van der Waals surface area contributed by atoms with Crippen molar-refractivity contribution in [1.29, 1.82) is 0 Å². The van der Waals surface area contributed by atoms with Gasteiger partial charge in [-0.15, -0.1) is 0 Å². The number of aryl methyl sites for hydroxylation is 2. The number of carbonyl (C=O) groups excluding carboxylic acids is 1. The topological polar surface area (TPSA) is 79.4 Å². The van der Waals surface area contributed by atoms with Gasteiger partial charge in [0.15, 0.2) is 5.75 Å². The highest BCUT2D eigenvalue weighted by Crippen LogP contribution is 2.30. The second kappa shape index (κ2) is 5.24. The van der Waals surface area contributed by atoms with Crippen LogP contribution < -0.4 is 10.5 Å². The first-order valence-electron chi connectivity index (χ1n) is 6.10. The van der Waals surface area contributed by atoms with Gasteiger partial charge in [-0.3, -0.25) is 4.68 Å². The molecule has 0 atom stereocenters. The van der Waals surface area contributed by atoms with Gasteiger partial charge in [-0.2, -0.15) is 5.10 Å². The SMILES string of the molecule is COC(=O)c1cc(Oc2c(C)nn(C)c2C)ccc1N. The van der Waals surface area contributed by atoms with Crippen LogP contribution in [-0.4, -0.2) is 22.9 Å². The first kappa shape index (κ1) is 13.9. The highest BCUT2D eigenvalue weighted by atomic mass is 16.5. The first-order valence-corrected chi connectivity index (χ1v) is 6.10. The Morgan fingerprint density at radius 2 is 2.05 bits per heavy atom. The summed E-state index contributed by atoms with van der Waals surface area (Å²) in [6, 6.07) is 4.88. The van der Waals surface area contributed by atoms with Gasteiger partial charge >= 0.3 is 5.97 Å². The number of esters is 1. The van der Waals surface area contributed by atoms with E-state index >= 15 is 0 Å². The Morgan fingerprint density at radius 3 is 2.60 bits per heavy atom. The van der Waals surface area contributed by atoms with E-state index in [0.717, 1.165) is 11.4 Å². The lowest BCUT2D eigenvalue weighted by molar-refractivity contribution is 0.0601. The van der Waals surface area contributed by atoms with Gasteiger partial charge in [0.1, 0.15) is 11.4 Å². The van der Waals surface area contributed by atoms with Crippen molar-refractivity contribution in [2.75, 3.05) is 12.8 Å². The van der Waals surface area contributed by atoms with Gasteiger partial charge in [0.2, 0.25) is 0 Å². The van der Waals surface area contributed by atoms with E-state index in [2.05, 4.69) is 9.84 Å². The molecule has 0 radical (unpaired) electrons. The summed E-state index contributed by atoms with van der Waals surface area (Å²) in [7, 11) is 3.16. The summed E-state index contributed by atoms with van der Waals surface area (Å²) in [6.45, 7) is 3.77. The van der Waals surface area contributed by atoms with E-state index in [1.54, 1.807) is 22.9 Å². The maximum absolute atomic E-state index is 11.6. The van der Waals surface area contributed by atoms with Crippen LogP contribution in [0, 0.1) is 13.8 Å². The number of benzene rings is 1. The zero-order valence-corrected chi connectivity index (χ0v) is 11.9. The van der Waals surface area contributed by atoms with Crippen molar-refractivity contribution in [3.8, 4) is 11.5 Å². The Hall–Kier alpha value is -2.50. The fraction of sp³-hybridized carbons (Fsp3) is 0.286. The van der Waals surface area contributed by atoms with Crippen LogP contribution in [0.5, 0.6) is 11.5 Å². The Bertz CT molecular complexity index is 662. The van der Waals surface area contributed by atoms with Gasteiger partial charge in [-0.25, -0.2) is 4.79 Å². The number of rotatable bonds is 3. The van der Waals surface area contributed by atoms with Crippen molar-refractivity contribution < 1.29 is 14.3 Å². The van der Waals surface area contributed by atoms with E-state index in [4.69, 9.17) is 10.5 Å². The molecular weight excluding hydrogens is 258 g/mol. The van der Waals surface area contributed by atoms with Crippen molar-refractivity contribution >= 4 is 11.7 Å². The minimum absolute atomic E-state index is 0.282. The third-order valence-electron chi connectivity index (χ3n) is 3.09. The van der Waals surface area contributed by atoms with Crippen molar-refractivity contribution in [2.45, 2.75) is 13.8 Å². The molecule has 2 aromatic rings. The molecule has 1 heterocycles. The van der Waals surface area contributed by atoms with Gasteiger partial charge < -0.3 is 15.2 Å². The molecule has 6 nitrogen and oxygen atoms in total. The molecule has 20 heavy (non-hydrogen) atoms. The summed E-state index contributed by atoms with van der Waals surface area (Å²) in [4.78, 5) is 11.6. The number of anilines is 1.